The number of ether oxygens (including phenoxy) is 2. The van der Waals surface area contributed by atoms with Crippen LogP contribution < -0.4 is 0 Å². The first kappa shape index (κ1) is 10.7. The highest BCUT2D eigenvalue weighted by atomic mass is 19.1. The van der Waals surface area contributed by atoms with Gasteiger partial charge in [-0.2, -0.15) is 5.26 Å². The second kappa shape index (κ2) is 3.52. The summed E-state index contributed by atoms with van der Waals surface area (Å²) in [6.45, 7) is 1.74. The quantitative estimate of drug-likeness (QED) is 0.779. The highest BCUT2D eigenvalue weighted by molar-refractivity contribution is 5.37. The maximum Gasteiger partial charge on any atom is 0.123 e. The second-order valence-electron chi connectivity index (χ2n) is 4.77. The van der Waals surface area contributed by atoms with Crippen LogP contribution in [0.4, 0.5) is 4.39 Å². The van der Waals surface area contributed by atoms with Crippen molar-refractivity contribution in [3.8, 4) is 6.07 Å². The van der Waals surface area contributed by atoms with E-state index in [-0.39, 0.29) is 5.82 Å². The smallest absolute Gasteiger partial charge is 0.123 e. The first-order chi connectivity index (χ1) is 8.22. The summed E-state index contributed by atoms with van der Waals surface area (Å²) in [5.74, 6) is -0.276. The third-order valence-electron chi connectivity index (χ3n) is 3.90. The third kappa shape index (κ3) is 1.27. The lowest BCUT2D eigenvalue weighted by Gasteiger charge is -2.55. The van der Waals surface area contributed by atoms with Crippen LogP contribution in [0.25, 0.3) is 0 Å². The molecule has 1 aromatic carbocycles. The van der Waals surface area contributed by atoms with Gasteiger partial charge in [-0.15, -0.1) is 0 Å². The van der Waals surface area contributed by atoms with Gasteiger partial charge < -0.3 is 9.47 Å². The van der Waals surface area contributed by atoms with Crippen molar-refractivity contribution in [1.82, 2.24) is 0 Å². The zero-order chi connectivity index (χ0) is 11.9. The molecule has 88 valence electrons. The summed E-state index contributed by atoms with van der Waals surface area (Å²) < 4.78 is 23.8. The molecule has 3 nitrogen and oxygen atoms in total. The Morgan fingerprint density at radius 1 is 1.18 bits per heavy atom. The molecule has 2 aliphatic heterocycles. The Morgan fingerprint density at radius 3 is 2.29 bits per heavy atom. The topological polar surface area (TPSA) is 42.2 Å². The zero-order valence-electron chi connectivity index (χ0n) is 9.28. The van der Waals surface area contributed by atoms with Gasteiger partial charge in [0.25, 0.3) is 0 Å². The molecule has 4 heteroatoms. The van der Waals surface area contributed by atoms with Crippen LogP contribution in [-0.2, 0) is 14.9 Å². The molecule has 2 fully saturated rings. The van der Waals surface area contributed by atoms with Crippen molar-refractivity contribution in [3.05, 3.63) is 35.6 Å². The van der Waals surface area contributed by atoms with Crippen LogP contribution in [-0.4, -0.2) is 26.4 Å². The first-order valence-corrected chi connectivity index (χ1v) is 5.55. The molecule has 3 rings (SSSR count). The molecular weight excluding hydrogens is 221 g/mol. The van der Waals surface area contributed by atoms with Crippen LogP contribution in [0.1, 0.15) is 5.56 Å². The Labute approximate surface area is 98.8 Å². The highest BCUT2D eigenvalue weighted by Gasteiger charge is 2.62. The van der Waals surface area contributed by atoms with Crippen LogP contribution in [0, 0.1) is 22.6 Å². The van der Waals surface area contributed by atoms with Gasteiger partial charge >= 0.3 is 0 Å². The summed E-state index contributed by atoms with van der Waals surface area (Å²) in [5, 5.41) is 9.39. The Balaban J connectivity index is 2.06. The first-order valence-electron chi connectivity index (χ1n) is 5.55. The van der Waals surface area contributed by atoms with Gasteiger partial charge in [-0.1, -0.05) is 12.1 Å². The van der Waals surface area contributed by atoms with E-state index in [0.29, 0.717) is 26.4 Å². The van der Waals surface area contributed by atoms with E-state index in [0.717, 1.165) is 5.56 Å². The average molecular weight is 233 g/mol. The lowest BCUT2D eigenvalue weighted by molar-refractivity contribution is -0.201. The van der Waals surface area contributed by atoms with E-state index < -0.39 is 10.8 Å². The Hall–Kier alpha value is -1.44. The molecule has 0 amide bonds. The van der Waals surface area contributed by atoms with Gasteiger partial charge in [-0.3, -0.25) is 0 Å². The van der Waals surface area contributed by atoms with E-state index in [1.165, 1.54) is 12.1 Å². The van der Waals surface area contributed by atoms with E-state index in [9.17, 15) is 9.65 Å². The molecule has 0 N–H and O–H groups in total. The number of rotatable bonds is 2. The molecule has 0 unspecified atom stereocenters. The lowest BCUT2D eigenvalue weighted by Crippen LogP contribution is -2.66. The van der Waals surface area contributed by atoms with E-state index >= 15 is 0 Å². The molecule has 17 heavy (non-hydrogen) atoms. The number of benzene rings is 1. The molecule has 0 saturated carbocycles. The molecule has 1 aromatic rings. The van der Waals surface area contributed by atoms with Crippen molar-refractivity contribution in [1.29, 1.82) is 5.26 Å². The lowest BCUT2D eigenvalue weighted by atomic mass is 9.58. The van der Waals surface area contributed by atoms with E-state index in [4.69, 9.17) is 9.47 Å². The summed E-state index contributed by atoms with van der Waals surface area (Å²) in [5.41, 5.74) is -0.116. The van der Waals surface area contributed by atoms with Crippen LogP contribution in [0.2, 0.25) is 0 Å². The number of hydrogen-bond donors (Lipinski definition) is 0. The average Bonchev–Trinajstić information content (AvgIpc) is 2.20. The molecule has 0 aliphatic carbocycles. The van der Waals surface area contributed by atoms with Gasteiger partial charge in [0, 0.05) is 0 Å². The molecule has 0 radical (unpaired) electrons. The van der Waals surface area contributed by atoms with Gasteiger partial charge in [-0.05, 0) is 17.7 Å². The minimum Gasteiger partial charge on any atom is -0.379 e. The maximum atomic E-state index is 13.3. The standard InChI is InChI=1S/C13H12FNO2/c14-11-3-1-2-10(4-11)13(8-17-9-13)12(5-15)6-16-7-12/h1-4H,6-9H2. The Kier molecular flexibility index (Phi) is 2.22. The minimum absolute atomic E-state index is 0.276. The van der Waals surface area contributed by atoms with Crippen LogP contribution in [0.3, 0.4) is 0 Å². The fourth-order valence-corrected chi connectivity index (χ4v) is 2.57. The summed E-state index contributed by atoms with van der Waals surface area (Å²) in [4.78, 5) is 0. The maximum absolute atomic E-state index is 13.3. The molecule has 2 aliphatic rings. The van der Waals surface area contributed by atoms with E-state index in [1.807, 2.05) is 6.07 Å². The Bertz CT molecular complexity index is 486. The second-order valence-corrected chi connectivity index (χ2v) is 4.77. The predicted octanol–water partition coefficient (Wildman–Crippen LogP) is 1.63. The number of hydrogen-bond acceptors (Lipinski definition) is 3. The number of nitrogens with zero attached hydrogens (tertiary/aromatic N) is 1. The monoisotopic (exact) mass is 233 g/mol. The van der Waals surface area contributed by atoms with Crippen molar-refractivity contribution in [2.75, 3.05) is 26.4 Å². The molecule has 0 atom stereocenters. The predicted molar refractivity (Wildman–Crippen MR) is 57.8 cm³/mol. The van der Waals surface area contributed by atoms with Gasteiger partial charge in [0.15, 0.2) is 0 Å². The molecule has 0 bridgehead atoms. The number of halogens is 1. The molecule has 0 spiro atoms. The zero-order valence-corrected chi connectivity index (χ0v) is 9.28. The Morgan fingerprint density at radius 2 is 1.88 bits per heavy atom. The van der Waals surface area contributed by atoms with E-state index in [2.05, 4.69) is 6.07 Å². The summed E-state index contributed by atoms with van der Waals surface area (Å²) in [6.07, 6.45) is 0. The van der Waals surface area contributed by atoms with Gasteiger partial charge in [0.2, 0.25) is 0 Å². The van der Waals surface area contributed by atoms with Crippen molar-refractivity contribution >= 4 is 0 Å². The summed E-state index contributed by atoms with van der Waals surface area (Å²) in [7, 11) is 0. The molecule has 0 aromatic heterocycles. The molecular formula is C13H12FNO2. The van der Waals surface area contributed by atoms with Crippen LogP contribution in [0.5, 0.6) is 0 Å². The van der Waals surface area contributed by atoms with Gasteiger partial charge in [0.1, 0.15) is 11.2 Å². The molecule has 2 heterocycles. The minimum atomic E-state index is -0.557. The SMILES string of the molecule is N#CC1(C2(c3cccc(F)c3)COC2)COC1. The highest BCUT2D eigenvalue weighted by Crippen LogP contribution is 2.51. The third-order valence-corrected chi connectivity index (χ3v) is 3.90. The largest absolute Gasteiger partial charge is 0.379 e. The van der Waals surface area contributed by atoms with Crippen LogP contribution in [0.15, 0.2) is 24.3 Å². The van der Waals surface area contributed by atoms with Gasteiger partial charge in [-0.25, -0.2) is 4.39 Å². The van der Waals surface area contributed by atoms with Gasteiger partial charge in [0.05, 0.1) is 37.9 Å². The number of nitriles is 1. The van der Waals surface area contributed by atoms with Crippen molar-refractivity contribution in [2.24, 2.45) is 5.41 Å². The normalized spacial score (nSPS) is 24.2. The van der Waals surface area contributed by atoms with Crippen molar-refractivity contribution in [3.63, 3.8) is 0 Å². The van der Waals surface area contributed by atoms with Crippen LogP contribution >= 0.6 is 0 Å². The van der Waals surface area contributed by atoms with Crippen molar-refractivity contribution < 1.29 is 13.9 Å². The summed E-state index contributed by atoms with van der Waals surface area (Å²) >= 11 is 0. The van der Waals surface area contributed by atoms with Crippen molar-refractivity contribution in [2.45, 2.75) is 5.41 Å². The van der Waals surface area contributed by atoms with E-state index in [1.54, 1.807) is 6.07 Å². The summed E-state index contributed by atoms with van der Waals surface area (Å²) in [6, 6.07) is 8.80. The fraction of sp³-hybridized carbons (Fsp3) is 0.462. The molecule has 2 saturated heterocycles. The fourth-order valence-electron chi connectivity index (χ4n) is 2.57.